The Hall–Kier alpha value is -6.56. The number of aromatic nitrogens is 4. The summed E-state index contributed by atoms with van der Waals surface area (Å²) in [5, 5.41) is 1.04. The van der Waals surface area contributed by atoms with E-state index in [9.17, 15) is 0 Å². The van der Waals surface area contributed by atoms with E-state index in [1.165, 1.54) is 15.8 Å². The van der Waals surface area contributed by atoms with Gasteiger partial charge < -0.3 is 0 Å². The highest BCUT2D eigenvalue weighted by Gasteiger charge is 2.14. The Morgan fingerprint density at radius 3 is 1.25 bits per heavy atom. The molecule has 0 aliphatic heterocycles. The fourth-order valence-electron chi connectivity index (χ4n) is 6.31. The smallest absolute Gasteiger partial charge is 0.164 e. The second kappa shape index (κ2) is 13.4. The Labute approximate surface area is 300 Å². The van der Waals surface area contributed by atoms with Gasteiger partial charge in [0.25, 0.3) is 0 Å². The monoisotopic (exact) mass is 670 g/mol. The molecule has 5 heteroatoms. The molecule has 7 aromatic carbocycles. The third-order valence-corrected chi connectivity index (χ3v) is 10.1. The second-order valence-electron chi connectivity index (χ2n) is 12.3. The fraction of sp³-hybridized carbons (Fsp3) is 0. The van der Waals surface area contributed by atoms with Crippen molar-refractivity contribution in [2.75, 3.05) is 0 Å². The predicted molar refractivity (Wildman–Crippen MR) is 211 cm³/mol. The summed E-state index contributed by atoms with van der Waals surface area (Å²) in [6.07, 6.45) is 0. The molecule has 9 rings (SSSR count). The van der Waals surface area contributed by atoms with Gasteiger partial charge in [-0.1, -0.05) is 158 Å². The number of rotatable bonds is 7. The zero-order chi connectivity index (χ0) is 34.0. The van der Waals surface area contributed by atoms with Crippen molar-refractivity contribution in [3.63, 3.8) is 0 Å². The number of benzene rings is 7. The molecule has 9 aromatic rings. The molecule has 51 heavy (non-hydrogen) atoms. The first-order valence-electron chi connectivity index (χ1n) is 16.9. The number of thiazole rings is 1. The molecule has 2 aromatic heterocycles. The lowest BCUT2D eigenvalue weighted by atomic mass is 9.98. The Kier molecular flexibility index (Phi) is 8.01. The molecule has 0 amide bonds. The van der Waals surface area contributed by atoms with E-state index in [2.05, 4.69) is 140 Å². The van der Waals surface area contributed by atoms with E-state index < -0.39 is 0 Å². The van der Waals surface area contributed by atoms with Crippen LogP contribution in [0.5, 0.6) is 0 Å². The van der Waals surface area contributed by atoms with Crippen LogP contribution in [0, 0.1) is 0 Å². The van der Waals surface area contributed by atoms with Gasteiger partial charge in [-0.25, -0.2) is 19.9 Å². The van der Waals surface area contributed by atoms with Crippen molar-refractivity contribution >= 4 is 21.6 Å². The normalized spacial score (nSPS) is 11.1. The largest absolute Gasteiger partial charge is 0.236 e. The van der Waals surface area contributed by atoms with E-state index in [0.29, 0.717) is 17.5 Å². The van der Waals surface area contributed by atoms with Crippen molar-refractivity contribution in [3.05, 3.63) is 182 Å². The number of nitrogens with zero attached hydrogens (tertiary/aromatic N) is 4. The molecule has 0 spiro atoms. The molecule has 0 aliphatic rings. The van der Waals surface area contributed by atoms with Crippen LogP contribution in [-0.2, 0) is 0 Å². The molecule has 0 fully saturated rings. The number of fused-ring (bicyclic) bond motifs is 1. The third-order valence-electron chi connectivity index (χ3n) is 8.99. The van der Waals surface area contributed by atoms with Gasteiger partial charge in [-0.15, -0.1) is 11.3 Å². The van der Waals surface area contributed by atoms with Crippen LogP contribution >= 0.6 is 11.3 Å². The predicted octanol–water partition coefficient (Wildman–Crippen LogP) is 12.2. The topological polar surface area (TPSA) is 51.6 Å². The van der Waals surface area contributed by atoms with Crippen molar-refractivity contribution in [1.29, 1.82) is 0 Å². The summed E-state index contributed by atoms with van der Waals surface area (Å²) in [6.45, 7) is 0. The van der Waals surface area contributed by atoms with Crippen LogP contribution in [0.1, 0.15) is 0 Å². The van der Waals surface area contributed by atoms with E-state index >= 15 is 0 Å². The van der Waals surface area contributed by atoms with Crippen molar-refractivity contribution in [2.45, 2.75) is 0 Å². The van der Waals surface area contributed by atoms with Crippen LogP contribution in [-0.4, -0.2) is 19.9 Å². The first kappa shape index (κ1) is 30.5. The van der Waals surface area contributed by atoms with E-state index in [0.717, 1.165) is 55.0 Å². The van der Waals surface area contributed by atoms with E-state index in [1.54, 1.807) is 11.3 Å². The van der Waals surface area contributed by atoms with Gasteiger partial charge in [0.15, 0.2) is 17.5 Å². The van der Waals surface area contributed by atoms with Crippen LogP contribution in [0.25, 0.3) is 88.3 Å². The van der Waals surface area contributed by atoms with Crippen molar-refractivity contribution in [1.82, 2.24) is 19.9 Å². The number of para-hydroxylation sites is 1. The molecule has 0 N–H and O–H groups in total. The Morgan fingerprint density at radius 1 is 0.275 bits per heavy atom. The molecule has 0 radical (unpaired) electrons. The summed E-state index contributed by atoms with van der Waals surface area (Å²) in [5.74, 6) is 1.92. The molecule has 0 saturated carbocycles. The van der Waals surface area contributed by atoms with Crippen LogP contribution in [0.2, 0.25) is 0 Å². The zero-order valence-corrected chi connectivity index (χ0v) is 28.3. The summed E-state index contributed by atoms with van der Waals surface area (Å²) < 4.78 is 1.21. The van der Waals surface area contributed by atoms with Gasteiger partial charge >= 0.3 is 0 Å². The summed E-state index contributed by atoms with van der Waals surface area (Å²) in [5.41, 5.74) is 11.9. The van der Waals surface area contributed by atoms with E-state index in [1.807, 2.05) is 42.5 Å². The maximum absolute atomic E-state index is 5.01. The molecule has 2 heterocycles. The molecular weight excluding hydrogens is 641 g/mol. The average molecular weight is 671 g/mol. The minimum absolute atomic E-state index is 0.637. The summed E-state index contributed by atoms with van der Waals surface area (Å²) >= 11 is 1.73. The van der Waals surface area contributed by atoms with Gasteiger partial charge in [0.05, 0.1) is 10.2 Å². The molecule has 0 atom stereocenters. The lowest BCUT2D eigenvalue weighted by molar-refractivity contribution is 1.07. The van der Waals surface area contributed by atoms with Crippen molar-refractivity contribution in [2.24, 2.45) is 0 Å². The Morgan fingerprint density at radius 2 is 0.667 bits per heavy atom. The quantitative estimate of drug-likeness (QED) is 0.169. The maximum Gasteiger partial charge on any atom is 0.164 e. The van der Waals surface area contributed by atoms with Gasteiger partial charge in [0, 0.05) is 22.3 Å². The summed E-state index contributed by atoms with van der Waals surface area (Å²) in [4.78, 5) is 19.7. The van der Waals surface area contributed by atoms with Gasteiger partial charge in [-0.05, 0) is 57.6 Å². The molecule has 0 aliphatic carbocycles. The SMILES string of the molecule is c1ccc(-c2cccc(-c3nc(-c4ccccc4)nc(-c4ccc(-c5cccc(-c6ccc(-c7nc8ccccc8s7)cc6)c5)cc4)n3)c2)cc1. The molecule has 0 saturated heterocycles. The van der Waals surface area contributed by atoms with Gasteiger partial charge in [-0.3, -0.25) is 0 Å². The standard InChI is InChI=1S/C46H30N4S/c1-3-11-31(12-4-1)39-17-10-18-40(30-39)45-49-43(34-13-5-2-6-14-34)48-44(50-45)35-25-21-32(22-26-35)37-15-9-16-38(29-37)33-23-27-36(28-24-33)46-47-41-19-7-8-20-42(41)51-46/h1-30H. The number of hydrogen-bond donors (Lipinski definition) is 0. The minimum atomic E-state index is 0.637. The van der Waals surface area contributed by atoms with Crippen molar-refractivity contribution < 1.29 is 0 Å². The second-order valence-corrected chi connectivity index (χ2v) is 13.4. The molecule has 0 bridgehead atoms. The van der Waals surface area contributed by atoms with Gasteiger partial charge in [0.1, 0.15) is 5.01 Å². The first-order valence-corrected chi connectivity index (χ1v) is 17.7. The fourth-order valence-corrected chi connectivity index (χ4v) is 7.28. The van der Waals surface area contributed by atoms with Crippen LogP contribution in [0.15, 0.2) is 182 Å². The van der Waals surface area contributed by atoms with E-state index in [-0.39, 0.29) is 0 Å². The third kappa shape index (κ3) is 6.34. The summed E-state index contributed by atoms with van der Waals surface area (Å²) in [6, 6.07) is 63.0. The highest BCUT2D eigenvalue weighted by molar-refractivity contribution is 7.21. The van der Waals surface area contributed by atoms with Crippen molar-refractivity contribution in [3.8, 4) is 78.1 Å². The Balaban J connectivity index is 1.02. The Bertz CT molecular complexity index is 2580. The van der Waals surface area contributed by atoms with Gasteiger partial charge in [-0.2, -0.15) is 0 Å². The summed E-state index contributed by atoms with van der Waals surface area (Å²) in [7, 11) is 0. The zero-order valence-electron chi connectivity index (χ0n) is 27.5. The molecule has 4 nitrogen and oxygen atoms in total. The minimum Gasteiger partial charge on any atom is -0.236 e. The highest BCUT2D eigenvalue weighted by Crippen LogP contribution is 2.34. The lowest BCUT2D eigenvalue weighted by Crippen LogP contribution is -2.00. The average Bonchev–Trinajstić information content (AvgIpc) is 3.66. The van der Waals surface area contributed by atoms with Crippen LogP contribution in [0.4, 0.5) is 0 Å². The van der Waals surface area contributed by atoms with E-state index in [4.69, 9.17) is 19.9 Å². The molecular formula is C46H30N4S. The molecule has 0 unspecified atom stereocenters. The number of hydrogen-bond acceptors (Lipinski definition) is 5. The lowest BCUT2D eigenvalue weighted by Gasteiger charge is -2.10. The maximum atomic E-state index is 5.01. The first-order chi connectivity index (χ1) is 25.2. The van der Waals surface area contributed by atoms with Crippen LogP contribution in [0.3, 0.4) is 0 Å². The molecule has 240 valence electrons. The van der Waals surface area contributed by atoms with Crippen LogP contribution < -0.4 is 0 Å². The van der Waals surface area contributed by atoms with Gasteiger partial charge in [0.2, 0.25) is 0 Å². The highest BCUT2D eigenvalue weighted by atomic mass is 32.1.